The van der Waals surface area contributed by atoms with Crippen LogP contribution in [0.5, 0.6) is 5.75 Å². The van der Waals surface area contributed by atoms with Gasteiger partial charge in [-0.25, -0.2) is 4.79 Å². The Hall–Kier alpha value is -1.22. The molecule has 3 nitrogen and oxygen atoms in total. The van der Waals surface area contributed by atoms with Crippen LogP contribution in [0.25, 0.3) is 0 Å². The number of carbonyl (C=O) groups is 1. The van der Waals surface area contributed by atoms with Crippen molar-refractivity contribution in [3.05, 3.63) is 28.3 Å². The molecule has 1 unspecified atom stereocenters. The van der Waals surface area contributed by atoms with E-state index >= 15 is 0 Å². The standard InChI is InChI=1S/C14H19ClO3/c1-5-12(14(16)17)18-13-6-9(4)11(15)7-10(13)8(2)3/h6-8,12H,5H2,1-4H3,(H,16,17). The van der Waals surface area contributed by atoms with E-state index in [0.717, 1.165) is 11.1 Å². The monoisotopic (exact) mass is 270 g/mol. The molecule has 0 aliphatic rings. The molecule has 0 aliphatic heterocycles. The van der Waals surface area contributed by atoms with Crippen LogP contribution < -0.4 is 4.74 Å². The summed E-state index contributed by atoms with van der Waals surface area (Å²) in [6.07, 6.45) is -0.391. The summed E-state index contributed by atoms with van der Waals surface area (Å²) in [4.78, 5) is 11.0. The highest BCUT2D eigenvalue weighted by Gasteiger charge is 2.20. The van der Waals surface area contributed by atoms with Crippen molar-refractivity contribution in [1.29, 1.82) is 0 Å². The normalized spacial score (nSPS) is 12.6. The quantitative estimate of drug-likeness (QED) is 0.879. The molecule has 100 valence electrons. The summed E-state index contributed by atoms with van der Waals surface area (Å²) >= 11 is 6.09. The maximum absolute atomic E-state index is 11.0. The number of halogens is 1. The molecule has 1 aromatic carbocycles. The van der Waals surface area contributed by atoms with Crippen LogP contribution in [-0.2, 0) is 4.79 Å². The van der Waals surface area contributed by atoms with E-state index in [9.17, 15) is 4.79 Å². The molecule has 4 heteroatoms. The SMILES string of the molecule is CCC(Oc1cc(C)c(Cl)cc1C(C)C)C(=O)O. The lowest BCUT2D eigenvalue weighted by atomic mass is 10.0. The van der Waals surface area contributed by atoms with Crippen LogP contribution in [0.3, 0.4) is 0 Å². The van der Waals surface area contributed by atoms with E-state index < -0.39 is 12.1 Å². The number of ether oxygens (including phenoxy) is 1. The number of hydrogen-bond donors (Lipinski definition) is 1. The van der Waals surface area contributed by atoms with Gasteiger partial charge in [0.25, 0.3) is 0 Å². The zero-order valence-corrected chi connectivity index (χ0v) is 11.9. The maximum atomic E-state index is 11.0. The molecule has 0 aromatic heterocycles. The van der Waals surface area contributed by atoms with Gasteiger partial charge in [-0.1, -0.05) is 32.4 Å². The number of aliphatic carboxylic acids is 1. The van der Waals surface area contributed by atoms with Gasteiger partial charge in [0.15, 0.2) is 6.10 Å². The van der Waals surface area contributed by atoms with Crippen molar-refractivity contribution in [3.63, 3.8) is 0 Å². The largest absolute Gasteiger partial charge is 0.479 e. The van der Waals surface area contributed by atoms with Crippen LogP contribution >= 0.6 is 11.6 Å². The Morgan fingerprint density at radius 2 is 2.06 bits per heavy atom. The van der Waals surface area contributed by atoms with Gasteiger partial charge in [-0.2, -0.15) is 0 Å². The Morgan fingerprint density at radius 3 is 2.50 bits per heavy atom. The fraction of sp³-hybridized carbons (Fsp3) is 0.500. The minimum absolute atomic E-state index is 0.226. The van der Waals surface area contributed by atoms with E-state index in [0.29, 0.717) is 17.2 Å². The molecular formula is C14H19ClO3. The van der Waals surface area contributed by atoms with Gasteiger partial charge in [0.1, 0.15) is 5.75 Å². The van der Waals surface area contributed by atoms with Crippen molar-refractivity contribution in [1.82, 2.24) is 0 Å². The van der Waals surface area contributed by atoms with E-state index in [4.69, 9.17) is 21.4 Å². The van der Waals surface area contributed by atoms with Crippen LogP contribution in [0, 0.1) is 6.92 Å². The van der Waals surface area contributed by atoms with Gasteiger partial charge < -0.3 is 9.84 Å². The van der Waals surface area contributed by atoms with Gasteiger partial charge in [0.05, 0.1) is 0 Å². The van der Waals surface area contributed by atoms with Crippen LogP contribution in [-0.4, -0.2) is 17.2 Å². The molecule has 0 heterocycles. The fourth-order valence-electron chi connectivity index (χ4n) is 1.69. The number of carboxylic acid groups (broad SMARTS) is 1. The van der Waals surface area contributed by atoms with Gasteiger partial charge >= 0.3 is 5.97 Å². The van der Waals surface area contributed by atoms with Crippen molar-refractivity contribution >= 4 is 17.6 Å². The Bertz CT molecular complexity index is 441. The number of benzene rings is 1. The van der Waals surface area contributed by atoms with Gasteiger partial charge in [-0.3, -0.25) is 0 Å². The summed E-state index contributed by atoms with van der Waals surface area (Å²) in [6, 6.07) is 3.66. The molecule has 0 saturated carbocycles. The summed E-state index contributed by atoms with van der Waals surface area (Å²) in [5.41, 5.74) is 1.82. The Kier molecular flexibility index (Phi) is 5.03. The first kappa shape index (κ1) is 14.8. The summed E-state index contributed by atoms with van der Waals surface area (Å²) in [5.74, 6) is -0.106. The molecule has 18 heavy (non-hydrogen) atoms. The van der Waals surface area contributed by atoms with Crippen LogP contribution in [0.4, 0.5) is 0 Å². The van der Waals surface area contributed by atoms with Gasteiger partial charge in [0, 0.05) is 5.02 Å². The molecule has 1 atom stereocenters. The molecule has 1 aromatic rings. The van der Waals surface area contributed by atoms with Gasteiger partial charge in [0.2, 0.25) is 0 Å². The van der Waals surface area contributed by atoms with Crippen LogP contribution in [0.1, 0.15) is 44.2 Å². The average Bonchev–Trinajstić information content (AvgIpc) is 2.29. The highest BCUT2D eigenvalue weighted by atomic mass is 35.5. The first-order valence-electron chi connectivity index (χ1n) is 6.06. The van der Waals surface area contributed by atoms with Gasteiger partial charge in [-0.05, 0) is 42.5 Å². The lowest BCUT2D eigenvalue weighted by molar-refractivity contribution is -0.145. The second kappa shape index (κ2) is 6.10. The minimum Gasteiger partial charge on any atom is -0.479 e. The van der Waals surface area contributed by atoms with E-state index in [1.807, 2.05) is 32.9 Å². The molecule has 0 bridgehead atoms. The number of rotatable bonds is 5. The number of carboxylic acids is 1. The third kappa shape index (κ3) is 3.39. The van der Waals surface area contributed by atoms with Crippen molar-refractivity contribution < 1.29 is 14.6 Å². The minimum atomic E-state index is -0.945. The van der Waals surface area contributed by atoms with E-state index in [1.165, 1.54) is 0 Å². The van der Waals surface area contributed by atoms with Gasteiger partial charge in [-0.15, -0.1) is 0 Å². The average molecular weight is 271 g/mol. The van der Waals surface area contributed by atoms with Crippen molar-refractivity contribution in [2.24, 2.45) is 0 Å². The second-order valence-corrected chi connectivity index (χ2v) is 5.05. The smallest absolute Gasteiger partial charge is 0.344 e. The van der Waals surface area contributed by atoms with Crippen molar-refractivity contribution in [2.75, 3.05) is 0 Å². The molecule has 0 amide bonds. The number of aryl methyl sites for hydroxylation is 1. The Balaban J connectivity index is 3.14. The first-order valence-corrected chi connectivity index (χ1v) is 6.44. The third-order valence-electron chi connectivity index (χ3n) is 2.83. The Morgan fingerprint density at radius 1 is 1.44 bits per heavy atom. The zero-order valence-electron chi connectivity index (χ0n) is 11.2. The fourth-order valence-corrected chi connectivity index (χ4v) is 1.86. The molecule has 1 rings (SSSR count). The van der Waals surface area contributed by atoms with Crippen molar-refractivity contribution in [2.45, 2.75) is 46.1 Å². The molecule has 0 fully saturated rings. The summed E-state index contributed by atoms with van der Waals surface area (Å²) in [5, 5.41) is 9.71. The summed E-state index contributed by atoms with van der Waals surface area (Å²) < 4.78 is 5.60. The maximum Gasteiger partial charge on any atom is 0.344 e. The molecule has 0 saturated heterocycles. The number of hydrogen-bond acceptors (Lipinski definition) is 2. The molecule has 0 radical (unpaired) electrons. The molecule has 0 spiro atoms. The lowest BCUT2D eigenvalue weighted by Crippen LogP contribution is -2.26. The first-order chi connectivity index (χ1) is 8.36. The Labute approximate surface area is 113 Å². The predicted octanol–water partition coefficient (Wildman–Crippen LogP) is 4.01. The van der Waals surface area contributed by atoms with Crippen LogP contribution in [0.15, 0.2) is 12.1 Å². The lowest BCUT2D eigenvalue weighted by Gasteiger charge is -2.19. The molecule has 1 N–H and O–H groups in total. The highest BCUT2D eigenvalue weighted by molar-refractivity contribution is 6.31. The molecule has 0 aliphatic carbocycles. The topological polar surface area (TPSA) is 46.5 Å². The summed E-state index contributed by atoms with van der Waals surface area (Å²) in [7, 11) is 0. The van der Waals surface area contributed by atoms with E-state index in [1.54, 1.807) is 6.92 Å². The summed E-state index contributed by atoms with van der Waals surface area (Å²) in [6.45, 7) is 7.71. The molecular weight excluding hydrogens is 252 g/mol. The van der Waals surface area contributed by atoms with E-state index in [-0.39, 0.29) is 5.92 Å². The zero-order chi connectivity index (χ0) is 13.9. The van der Waals surface area contributed by atoms with E-state index in [2.05, 4.69) is 0 Å². The van der Waals surface area contributed by atoms with Crippen molar-refractivity contribution in [3.8, 4) is 5.75 Å². The predicted molar refractivity (Wildman–Crippen MR) is 72.6 cm³/mol. The third-order valence-corrected chi connectivity index (χ3v) is 3.24. The second-order valence-electron chi connectivity index (χ2n) is 4.65. The highest BCUT2D eigenvalue weighted by Crippen LogP contribution is 2.32. The van der Waals surface area contributed by atoms with Crippen LogP contribution in [0.2, 0.25) is 5.02 Å².